The number of ether oxygens (including phenoxy) is 2. The summed E-state index contributed by atoms with van der Waals surface area (Å²) in [7, 11) is 1.26. The number of nitrogens with zero attached hydrogens (tertiary/aromatic N) is 1. The molecular weight excluding hydrogens is 288 g/mol. The van der Waals surface area contributed by atoms with Crippen LogP contribution >= 0.6 is 0 Å². The number of esters is 1. The van der Waals surface area contributed by atoms with Crippen molar-refractivity contribution in [2.45, 2.75) is 33.3 Å². The van der Waals surface area contributed by atoms with Crippen LogP contribution < -0.4 is 10.4 Å². The third kappa shape index (κ3) is 5.08. The first-order chi connectivity index (χ1) is 10.1. The third-order valence-corrected chi connectivity index (χ3v) is 2.37. The monoisotopic (exact) mass is 308 g/mol. The van der Waals surface area contributed by atoms with Gasteiger partial charge < -0.3 is 9.47 Å². The van der Waals surface area contributed by atoms with E-state index in [0.717, 1.165) is 5.01 Å². The molecule has 7 heteroatoms. The highest BCUT2D eigenvalue weighted by Crippen LogP contribution is 2.18. The van der Waals surface area contributed by atoms with Gasteiger partial charge in [0.1, 0.15) is 5.60 Å². The Bertz CT molecular complexity index is 578. The number of hydrazine groups is 1. The van der Waals surface area contributed by atoms with Crippen LogP contribution in [0.15, 0.2) is 24.3 Å². The van der Waals surface area contributed by atoms with Crippen LogP contribution in [0.25, 0.3) is 0 Å². The van der Waals surface area contributed by atoms with E-state index >= 15 is 0 Å². The van der Waals surface area contributed by atoms with Crippen LogP contribution in [0.2, 0.25) is 0 Å². The number of hydrogen-bond donors (Lipinski definition) is 1. The van der Waals surface area contributed by atoms with E-state index in [1.54, 1.807) is 32.9 Å². The molecule has 0 bridgehead atoms. The second-order valence-corrected chi connectivity index (χ2v) is 5.53. The van der Waals surface area contributed by atoms with E-state index in [0.29, 0.717) is 0 Å². The first-order valence-electron chi connectivity index (χ1n) is 6.63. The smallest absolute Gasteiger partial charge is 0.434 e. The second-order valence-electron chi connectivity index (χ2n) is 5.53. The van der Waals surface area contributed by atoms with Gasteiger partial charge in [0.2, 0.25) is 5.91 Å². The van der Waals surface area contributed by atoms with Crippen LogP contribution in [0.1, 0.15) is 38.1 Å². The lowest BCUT2D eigenvalue weighted by Gasteiger charge is -2.27. The SMILES string of the molecule is COC(=O)c1cccc(N(NC(C)=O)C(=O)OC(C)(C)C)c1. The van der Waals surface area contributed by atoms with Crippen LogP contribution in [0, 0.1) is 0 Å². The van der Waals surface area contributed by atoms with Crippen molar-refractivity contribution in [3.8, 4) is 0 Å². The minimum absolute atomic E-state index is 0.249. The van der Waals surface area contributed by atoms with Crippen molar-refractivity contribution in [2.24, 2.45) is 0 Å². The quantitative estimate of drug-likeness (QED) is 0.669. The number of hydrogen-bond acceptors (Lipinski definition) is 5. The highest BCUT2D eigenvalue weighted by atomic mass is 16.6. The topological polar surface area (TPSA) is 84.9 Å². The molecular formula is C15H20N2O5. The van der Waals surface area contributed by atoms with Gasteiger partial charge in [-0.3, -0.25) is 10.2 Å². The maximum absolute atomic E-state index is 12.2. The first kappa shape index (κ1) is 17.5. The summed E-state index contributed by atoms with van der Waals surface area (Å²) in [5.74, 6) is -0.997. The highest BCUT2D eigenvalue weighted by Gasteiger charge is 2.25. The maximum Gasteiger partial charge on any atom is 0.434 e. The molecule has 1 N–H and O–H groups in total. The molecule has 120 valence electrons. The number of rotatable bonds is 2. The molecule has 0 aromatic heterocycles. The van der Waals surface area contributed by atoms with Gasteiger partial charge in [-0.05, 0) is 39.0 Å². The predicted octanol–water partition coefficient (Wildman–Crippen LogP) is 2.27. The van der Waals surface area contributed by atoms with Gasteiger partial charge in [0.05, 0.1) is 18.4 Å². The number of amides is 2. The predicted molar refractivity (Wildman–Crippen MR) is 80.3 cm³/mol. The van der Waals surface area contributed by atoms with Gasteiger partial charge in [0.15, 0.2) is 0 Å². The molecule has 0 spiro atoms. The normalized spacial score (nSPS) is 10.6. The number of carbonyl (C=O) groups excluding carboxylic acids is 3. The Labute approximate surface area is 129 Å². The summed E-state index contributed by atoms with van der Waals surface area (Å²) < 4.78 is 9.87. The lowest BCUT2D eigenvalue weighted by atomic mass is 10.2. The van der Waals surface area contributed by atoms with Crippen molar-refractivity contribution in [2.75, 3.05) is 12.1 Å². The van der Waals surface area contributed by atoms with Gasteiger partial charge in [0.25, 0.3) is 0 Å². The molecule has 0 saturated carbocycles. The lowest BCUT2D eigenvalue weighted by molar-refractivity contribution is -0.119. The molecule has 7 nitrogen and oxygen atoms in total. The van der Waals surface area contributed by atoms with Crippen LogP contribution in [-0.4, -0.2) is 30.7 Å². The minimum Gasteiger partial charge on any atom is -0.465 e. The Morgan fingerprint density at radius 1 is 1.18 bits per heavy atom. The van der Waals surface area contributed by atoms with E-state index in [-0.39, 0.29) is 11.3 Å². The molecule has 0 unspecified atom stereocenters. The zero-order valence-corrected chi connectivity index (χ0v) is 13.3. The van der Waals surface area contributed by atoms with Gasteiger partial charge in [0, 0.05) is 6.92 Å². The van der Waals surface area contributed by atoms with Crippen molar-refractivity contribution in [1.82, 2.24) is 5.43 Å². The average molecular weight is 308 g/mol. The molecule has 0 atom stereocenters. The zero-order valence-electron chi connectivity index (χ0n) is 13.3. The maximum atomic E-state index is 12.2. The van der Waals surface area contributed by atoms with E-state index in [2.05, 4.69) is 10.2 Å². The summed E-state index contributed by atoms with van der Waals surface area (Å²) in [6.07, 6.45) is -0.760. The molecule has 2 amide bonds. The summed E-state index contributed by atoms with van der Waals surface area (Å²) >= 11 is 0. The van der Waals surface area contributed by atoms with Crippen LogP contribution in [0.3, 0.4) is 0 Å². The van der Waals surface area contributed by atoms with Crippen LogP contribution in [0.5, 0.6) is 0 Å². The Kier molecular flexibility index (Phi) is 5.50. The molecule has 1 rings (SSSR count). The molecule has 22 heavy (non-hydrogen) atoms. The van der Waals surface area contributed by atoms with E-state index in [9.17, 15) is 14.4 Å². The molecule has 0 saturated heterocycles. The van der Waals surface area contributed by atoms with Gasteiger partial charge in [-0.25, -0.2) is 9.59 Å². The molecule has 1 aromatic rings. The minimum atomic E-state index is -0.760. The van der Waals surface area contributed by atoms with Crippen molar-refractivity contribution in [3.05, 3.63) is 29.8 Å². The molecule has 0 aliphatic carbocycles. The number of nitrogens with one attached hydrogen (secondary N) is 1. The van der Waals surface area contributed by atoms with Crippen molar-refractivity contribution >= 4 is 23.7 Å². The lowest BCUT2D eigenvalue weighted by Crippen LogP contribution is -2.48. The molecule has 1 aromatic carbocycles. The number of methoxy groups -OCH3 is 1. The van der Waals surface area contributed by atoms with Gasteiger partial charge in [-0.2, -0.15) is 5.01 Å². The fourth-order valence-electron chi connectivity index (χ4n) is 1.57. The summed E-state index contributed by atoms with van der Waals surface area (Å²) in [6.45, 7) is 6.40. The average Bonchev–Trinajstić information content (AvgIpc) is 2.41. The van der Waals surface area contributed by atoms with Crippen LogP contribution in [0.4, 0.5) is 10.5 Å². The summed E-state index contributed by atoms with van der Waals surface area (Å²) in [5, 5.41) is 0.944. The van der Waals surface area contributed by atoms with Crippen molar-refractivity contribution in [3.63, 3.8) is 0 Å². The summed E-state index contributed by atoms with van der Waals surface area (Å²) in [6, 6.07) is 6.09. The fourth-order valence-corrected chi connectivity index (χ4v) is 1.57. The highest BCUT2D eigenvalue weighted by molar-refractivity contribution is 5.95. The standard InChI is InChI=1S/C15H20N2O5/c1-10(18)16-17(14(20)22-15(2,3)4)12-8-6-7-11(9-12)13(19)21-5/h6-9H,1-5H3,(H,16,18). The third-order valence-electron chi connectivity index (χ3n) is 2.37. The summed E-state index contributed by atoms with van der Waals surface area (Å²) in [4.78, 5) is 35.1. The van der Waals surface area contributed by atoms with E-state index in [1.807, 2.05) is 0 Å². The fraction of sp³-hybridized carbons (Fsp3) is 0.400. The Morgan fingerprint density at radius 2 is 1.82 bits per heavy atom. The van der Waals surface area contributed by atoms with Crippen LogP contribution in [-0.2, 0) is 14.3 Å². The molecule has 0 fully saturated rings. The molecule has 0 aliphatic rings. The number of benzene rings is 1. The van der Waals surface area contributed by atoms with Gasteiger partial charge in [-0.15, -0.1) is 0 Å². The van der Waals surface area contributed by atoms with Crippen molar-refractivity contribution in [1.29, 1.82) is 0 Å². The van der Waals surface area contributed by atoms with Gasteiger partial charge in [-0.1, -0.05) is 6.07 Å². The largest absolute Gasteiger partial charge is 0.465 e. The molecule has 0 aliphatic heterocycles. The van der Waals surface area contributed by atoms with Crippen molar-refractivity contribution < 1.29 is 23.9 Å². The zero-order chi connectivity index (χ0) is 16.9. The Balaban J connectivity index is 3.14. The molecule has 0 radical (unpaired) electrons. The Morgan fingerprint density at radius 3 is 2.32 bits per heavy atom. The number of carbonyl (C=O) groups is 3. The molecule has 0 heterocycles. The van der Waals surface area contributed by atoms with E-state index in [4.69, 9.17) is 4.74 Å². The number of anilines is 1. The Hall–Kier alpha value is -2.57. The van der Waals surface area contributed by atoms with Gasteiger partial charge >= 0.3 is 12.1 Å². The summed E-state index contributed by atoms with van der Waals surface area (Å²) in [5.41, 5.74) is 2.18. The second kappa shape index (κ2) is 6.93. The van der Waals surface area contributed by atoms with E-state index < -0.39 is 23.6 Å². The first-order valence-corrected chi connectivity index (χ1v) is 6.63. The van der Waals surface area contributed by atoms with E-state index in [1.165, 1.54) is 26.2 Å².